The van der Waals surface area contributed by atoms with Crippen molar-refractivity contribution in [1.29, 1.82) is 0 Å². The largest absolute Gasteiger partial charge is 0.381 e. The van der Waals surface area contributed by atoms with Gasteiger partial charge in [-0.05, 0) is 57.4 Å². The lowest BCUT2D eigenvalue weighted by Gasteiger charge is -2.39. The minimum atomic E-state index is 0.0544. The van der Waals surface area contributed by atoms with Gasteiger partial charge >= 0.3 is 0 Å². The highest BCUT2D eigenvalue weighted by Gasteiger charge is 2.45. The summed E-state index contributed by atoms with van der Waals surface area (Å²) in [6, 6.07) is 0.669. The Labute approximate surface area is 122 Å². The summed E-state index contributed by atoms with van der Waals surface area (Å²) in [5.74, 6) is 0. The molecular formula is C16H29NO3. The number of hydrogen-bond donors (Lipinski definition) is 0. The van der Waals surface area contributed by atoms with Crippen LogP contribution in [0, 0.1) is 5.41 Å². The van der Waals surface area contributed by atoms with E-state index in [1.54, 1.807) is 0 Å². The molecule has 3 heterocycles. The van der Waals surface area contributed by atoms with Gasteiger partial charge in [0, 0.05) is 32.4 Å². The first-order valence-electron chi connectivity index (χ1n) is 8.35. The molecule has 4 nitrogen and oxygen atoms in total. The molecule has 4 heteroatoms. The molecule has 0 unspecified atom stereocenters. The summed E-state index contributed by atoms with van der Waals surface area (Å²) in [6.07, 6.45) is 7.35. The van der Waals surface area contributed by atoms with Gasteiger partial charge in [0.1, 0.15) is 0 Å². The Morgan fingerprint density at radius 1 is 1.15 bits per heavy atom. The molecule has 3 aliphatic heterocycles. The van der Waals surface area contributed by atoms with Gasteiger partial charge in [0.05, 0.1) is 6.61 Å². The van der Waals surface area contributed by atoms with E-state index in [-0.39, 0.29) is 6.29 Å². The highest BCUT2D eigenvalue weighted by atomic mass is 16.7. The van der Waals surface area contributed by atoms with Gasteiger partial charge in [-0.25, -0.2) is 0 Å². The summed E-state index contributed by atoms with van der Waals surface area (Å²) in [5.41, 5.74) is 0.513. The minimum Gasteiger partial charge on any atom is -0.381 e. The van der Waals surface area contributed by atoms with Crippen molar-refractivity contribution in [2.24, 2.45) is 5.41 Å². The van der Waals surface area contributed by atoms with E-state index < -0.39 is 0 Å². The smallest absolute Gasteiger partial charge is 0.157 e. The molecule has 0 bridgehead atoms. The van der Waals surface area contributed by atoms with E-state index in [4.69, 9.17) is 14.2 Å². The maximum absolute atomic E-state index is 5.88. The Hall–Kier alpha value is -0.160. The van der Waals surface area contributed by atoms with Gasteiger partial charge in [-0.1, -0.05) is 0 Å². The Morgan fingerprint density at radius 3 is 2.75 bits per heavy atom. The third-order valence-corrected chi connectivity index (χ3v) is 5.64. The molecule has 0 radical (unpaired) electrons. The highest BCUT2D eigenvalue weighted by Crippen LogP contribution is 2.44. The maximum atomic E-state index is 5.88. The molecule has 1 spiro atoms. The minimum absolute atomic E-state index is 0.0544. The number of ether oxygens (including phenoxy) is 3. The fourth-order valence-corrected chi connectivity index (χ4v) is 4.05. The standard InChI is InChI=1S/C16H29NO3/c1-14-16(6-11-18-12-7-16)5-8-17(14)9-13-20-15-4-2-3-10-19-15/h14-15H,2-13H2,1H3/t14-,15+/m1/s1. The summed E-state index contributed by atoms with van der Waals surface area (Å²) in [6.45, 7) is 8.24. The van der Waals surface area contributed by atoms with Crippen LogP contribution >= 0.6 is 0 Å². The molecule has 3 rings (SSSR count). The SMILES string of the molecule is C[C@H]1N(CCO[C@H]2CCCCO2)CCC12CCOCC2. The van der Waals surface area contributed by atoms with E-state index in [1.807, 2.05) is 0 Å². The van der Waals surface area contributed by atoms with Gasteiger partial charge < -0.3 is 14.2 Å². The second kappa shape index (κ2) is 6.73. The third kappa shape index (κ3) is 3.19. The summed E-state index contributed by atoms with van der Waals surface area (Å²) in [5, 5.41) is 0. The molecule has 116 valence electrons. The van der Waals surface area contributed by atoms with E-state index in [9.17, 15) is 0 Å². The molecule has 0 aliphatic carbocycles. The first-order chi connectivity index (χ1) is 9.80. The van der Waals surface area contributed by atoms with E-state index in [0.717, 1.165) is 39.4 Å². The zero-order valence-electron chi connectivity index (χ0n) is 12.8. The molecule has 3 saturated heterocycles. The summed E-state index contributed by atoms with van der Waals surface area (Å²) in [7, 11) is 0. The van der Waals surface area contributed by atoms with Crippen LogP contribution in [-0.4, -0.2) is 56.7 Å². The summed E-state index contributed by atoms with van der Waals surface area (Å²) in [4.78, 5) is 2.61. The van der Waals surface area contributed by atoms with E-state index in [2.05, 4.69) is 11.8 Å². The van der Waals surface area contributed by atoms with Crippen LogP contribution in [0.25, 0.3) is 0 Å². The Bertz CT molecular complexity index is 298. The fourth-order valence-electron chi connectivity index (χ4n) is 4.05. The van der Waals surface area contributed by atoms with Crippen molar-refractivity contribution in [2.45, 2.75) is 57.8 Å². The molecule has 20 heavy (non-hydrogen) atoms. The van der Waals surface area contributed by atoms with Crippen LogP contribution in [0.4, 0.5) is 0 Å². The average Bonchev–Trinajstić information content (AvgIpc) is 2.79. The van der Waals surface area contributed by atoms with Gasteiger partial charge in [0.2, 0.25) is 0 Å². The van der Waals surface area contributed by atoms with Gasteiger partial charge in [0.15, 0.2) is 6.29 Å². The average molecular weight is 283 g/mol. The molecule has 0 aromatic carbocycles. The predicted octanol–water partition coefficient (Wildman–Crippen LogP) is 2.42. The molecule has 0 N–H and O–H groups in total. The predicted molar refractivity (Wildman–Crippen MR) is 77.7 cm³/mol. The van der Waals surface area contributed by atoms with Gasteiger partial charge in [0.25, 0.3) is 0 Å². The van der Waals surface area contributed by atoms with Crippen LogP contribution in [-0.2, 0) is 14.2 Å². The zero-order chi connectivity index (χ0) is 13.8. The van der Waals surface area contributed by atoms with Crippen LogP contribution in [0.5, 0.6) is 0 Å². The van der Waals surface area contributed by atoms with Crippen molar-refractivity contribution in [1.82, 2.24) is 4.90 Å². The summed E-state index contributed by atoms with van der Waals surface area (Å²) >= 11 is 0. The number of likely N-dealkylation sites (tertiary alicyclic amines) is 1. The second-order valence-electron chi connectivity index (χ2n) is 6.60. The third-order valence-electron chi connectivity index (χ3n) is 5.64. The fraction of sp³-hybridized carbons (Fsp3) is 1.00. The van der Waals surface area contributed by atoms with Crippen molar-refractivity contribution in [3.63, 3.8) is 0 Å². The highest BCUT2D eigenvalue weighted by molar-refractivity contribution is 4.97. The topological polar surface area (TPSA) is 30.9 Å². The van der Waals surface area contributed by atoms with Gasteiger partial charge in [-0.2, -0.15) is 0 Å². The molecular weight excluding hydrogens is 254 g/mol. The quantitative estimate of drug-likeness (QED) is 0.793. The van der Waals surface area contributed by atoms with Crippen LogP contribution < -0.4 is 0 Å². The molecule has 0 saturated carbocycles. The number of nitrogens with zero attached hydrogens (tertiary/aromatic N) is 1. The van der Waals surface area contributed by atoms with Crippen molar-refractivity contribution in [3.8, 4) is 0 Å². The van der Waals surface area contributed by atoms with Gasteiger partial charge in [-0.15, -0.1) is 0 Å². The number of hydrogen-bond acceptors (Lipinski definition) is 4. The molecule has 3 aliphatic rings. The molecule has 3 fully saturated rings. The van der Waals surface area contributed by atoms with Crippen molar-refractivity contribution >= 4 is 0 Å². The Morgan fingerprint density at radius 2 is 2.00 bits per heavy atom. The van der Waals surface area contributed by atoms with Gasteiger partial charge in [-0.3, -0.25) is 4.90 Å². The van der Waals surface area contributed by atoms with Crippen molar-refractivity contribution in [2.75, 3.05) is 39.5 Å². The Balaban J connectivity index is 1.42. The maximum Gasteiger partial charge on any atom is 0.157 e. The normalized spacial score (nSPS) is 34.6. The van der Waals surface area contributed by atoms with Crippen molar-refractivity contribution in [3.05, 3.63) is 0 Å². The molecule has 0 aromatic heterocycles. The number of rotatable bonds is 4. The first-order valence-corrected chi connectivity index (χ1v) is 8.35. The van der Waals surface area contributed by atoms with E-state index in [0.29, 0.717) is 11.5 Å². The zero-order valence-corrected chi connectivity index (χ0v) is 12.8. The monoisotopic (exact) mass is 283 g/mol. The van der Waals surface area contributed by atoms with Crippen LogP contribution in [0.2, 0.25) is 0 Å². The van der Waals surface area contributed by atoms with E-state index >= 15 is 0 Å². The van der Waals surface area contributed by atoms with Crippen LogP contribution in [0.3, 0.4) is 0 Å². The lowest BCUT2D eigenvalue weighted by molar-refractivity contribution is -0.164. The first kappa shape index (κ1) is 14.8. The molecule has 2 atom stereocenters. The molecule has 0 aromatic rings. The van der Waals surface area contributed by atoms with Crippen molar-refractivity contribution < 1.29 is 14.2 Å². The molecule has 0 amide bonds. The lowest BCUT2D eigenvalue weighted by Crippen LogP contribution is -2.42. The summed E-state index contributed by atoms with van der Waals surface area (Å²) < 4.78 is 17.0. The van der Waals surface area contributed by atoms with Crippen LogP contribution in [0.1, 0.15) is 45.4 Å². The second-order valence-corrected chi connectivity index (χ2v) is 6.60. The Kier molecular flexibility index (Phi) is 4.97. The lowest BCUT2D eigenvalue weighted by atomic mass is 9.74. The van der Waals surface area contributed by atoms with Crippen LogP contribution in [0.15, 0.2) is 0 Å². The van der Waals surface area contributed by atoms with E-state index in [1.165, 1.54) is 38.6 Å².